The van der Waals surface area contributed by atoms with Gasteiger partial charge in [0.1, 0.15) is 5.71 Å². The normalized spacial score (nSPS) is 15.0. The minimum atomic E-state index is -1.06. The van der Waals surface area contributed by atoms with Crippen LogP contribution in [0.25, 0.3) is 6.08 Å². The van der Waals surface area contributed by atoms with Crippen LogP contribution in [0.1, 0.15) is 15.9 Å². The van der Waals surface area contributed by atoms with Crippen LogP contribution in [-0.4, -0.2) is 43.1 Å². The minimum Gasteiger partial charge on any atom is -0.478 e. The van der Waals surface area contributed by atoms with E-state index in [1.54, 1.807) is 6.08 Å². The molecule has 1 amide bonds. The first-order valence-corrected chi connectivity index (χ1v) is 8.12. The van der Waals surface area contributed by atoms with Crippen molar-refractivity contribution < 1.29 is 19.5 Å². The monoisotopic (exact) mass is 363 g/mol. The number of carbonyl (C=O) groups excluding carboxylic acids is 2. The van der Waals surface area contributed by atoms with Crippen molar-refractivity contribution in [1.29, 1.82) is 0 Å². The standard InChI is InChI=1S/C20H17N3O4/c1-22(2)15-7-3-13(4-8-15)11-17-18(12-24)21-23(19(17)25)16-9-5-14(6-10-16)20(26)27/h3-12H,1-2H3,(H,26,27)/b17-11-. The van der Waals surface area contributed by atoms with Crippen molar-refractivity contribution >= 4 is 41.3 Å². The molecular formula is C20H17N3O4. The van der Waals surface area contributed by atoms with Crippen LogP contribution in [-0.2, 0) is 9.59 Å². The molecule has 0 aromatic heterocycles. The van der Waals surface area contributed by atoms with Crippen LogP contribution in [0.3, 0.4) is 0 Å². The summed E-state index contributed by atoms with van der Waals surface area (Å²) in [7, 11) is 3.86. The highest BCUT2D eigenvalue weighted by molar-refractivity contribution is 6.49. The topological polar surface area (TPSA) is 90.3 Å². The number of hydrogen-bond donors (Lipinski definition) is 1. The molecule has 1 heterocycles. The predicted molar refractivity (Wildman–Crippen MR) is 103 cm³/mol. The molecule has 0 atom stereocenters. The van der Waals surface area contributed by atoms with E-state index in [1.165, 1.54) is 24.3 Å². The molecule has 0 bridgehead atoms. The fraction of sp³-hybridized carbons (Fsp3) is 0.100. The second-order valence-corrected chi connectivity index (χ2v) is 6.12. The fourth-order valence-corrected chi connectivity index (χ4v) is 2.61. The number of aromatic carboxylic acids is 1. The first-order valence-electron chi connectivity index (χ1n) is 8.12. The number of anilines is 2. The van der Waals surface area contributed by atoms with Crippen LogP contribution in [0.2, 0.25) is 0 Å². The average Bonchev–Trinajstić information content (AvgIpc) is 2.98. The van der Waals surface area contributed by atoms with Crippen molar-refractivity contribution in [1.82, 2.24) is 0 Å². The lowest BCUT2D eigenvalue weighted by Gasteiger charge is -2.12. The number of rotatable bonds is 5. The average molecular weight is 363 g/mol. The number of hydrogen-bond acceptors (Lipinski definition) is 5. The van der Waals surface area contributed by atoms with E-state index in [9.17, 15) is 14.4 Å². The van der Waals surface area contributed by atoms with E-state index in [0.717, 1.165) is 16.3 Å². The molecule has 1 aliphatic heterocycles. The van der Waals surface area contributed by atoms with Crippen LogP contribution in [0.15, 0.2) is 59.2 Å². The highest BCUT2D eigenvalue weighted by Gasteiger charge is 2.31. The van der Waals surface area contributed by atoms with Gasteiger partial charge < -0.3 is 10.0 Å². The molecule has 1 N–H and O–H groups in total. The highest BCUT2D eigenvalue weighted by Crippen LogP contribution is 2.25. The first kappa shape index (κ1) is 18.1. The molecule has 0 unspecified atom stereocenters. The minimum absolute atomic E-state index is 0.0268. The molecule has 0 saturated carbocycles. The van der Waals surface area contributed by atoms with Gasteiger partial charge in [-0.25, -0.2) is 4.79 Å². The highest BCUT2D eigenvalue weighted by atomic mass is 16.4. The zero-order valence-electron chi connectivity index (χ0n) is 14.8. The summed E-state index contributed by atoms with van der Waals surface area (Å²) in [5, 5.41) is 14.1. The third-order valence-corrected chi connectivity index (χ3v) is 4.10. The van der Waals surface area contributed by atoms with Crippen molar-refractivity contribution in [3.63, 3.8) is 0 Å². The van der Waals surface area contributed by atoms with Gasteiger partial charge in [0, 0.05) is 19.8 Å². The lowest BCUT2D eigenvalue weighted by Crippen LogP contribution is -2.21. The van der Waals surface area contributed by atoms with E-state index in [4.69, 9.17) is 5.11 Å². The number of carboxylic acid groups (broad SMARTS) is 1. The molecule has 136 valence electrons. The Morgan fingerprint density at radius 3 is 2.22 bits per heavy atom. The van der Waals surface area contributed by atoms with Crippen molar-refractivity contribution in [2.75, 3.05) is 24.0 Å². The van der Waals surface area contributed by atoms with Gasteiger partial charge in [0.2, 0.25) is 0 Å². The van der Waals surface area contributed by atoms with Crippen molar-refractivity contribution in [3.05, 3.63) is 65.2 Å². The molecule has 0 radical (unpaired) electrons. The Morgan fingerprint density at radius 2 is 1.70 bits per heavy atom. The third kappa shape index (κ3) is 3.62. The first-order chi connectivity index (χ1) is 12.9. The Morgan fingerprint density at radius 1 is 1.07 bits per heavy atom. The maximum Gasteiger partial charge on any atom is 0.335 e. The Balaban J connectivity index is 1.91. The zero-order valence-corrected chi connectivity index (χ0v) is 14.8. The SMILES string of the molecule is CN(C)c1ccc(/C=C2\C(=O)N(c3ccc(C(=O)O)cc3)N=C2C=O)cc1. The van der Waals surface area contributed by atoms with E-state index in [2.05, 4.69) is 5.10 Å². The van der Waals surface area contributed by atoms with E-state index in [1.807, 2.05) is 43.3 Å². The van der Waals surface area contributed by atoms with Gasteiger partial charge in [0.25, 0.3) is 5.91 Å². The molecule has 0 aliphatic carbocycles. The summed E-state index contributed by atoms with van der Waals surface area (Å²) in [4.78, 5) is 37.0. The number of amides is 1. The second kappa shape index (κ2) is 7.25. The predicted octanol–water partition coefficient (Wildman–Crippen LogP) is 2.44. The fourth-order valence-electron chi connectivity index (χ4n) is 2.61. The summed E-state index contributed by atoms with van der Waals surface area (Å²) in [6.07, 6.45) is 2.14. The van der Waals surface area contributed by atoms with Gasteiger partial charge in [-0.1, -0.05) is 12.1 Å². The molecule has 7 nitrogen and oxygen atoms in total. The van der Waals surface area contributed by atoms with E-state index >= 15 is 0 Å². The lowest BCUT2D eigenvalue weighted by atomic mass is 10.1. The second-order valence-electron chi connectivity index (χ2n) is 6.12. The van der Waals surface area contributed by atoms with E-state index in [0.29, 0.717) is 12.0 Å². The van der Waals surface area contributed by atoms with Crippen molar-refractivity contribution in [2.45, 2.75) is 0 Å². The molecule has 0 fully saturated rings. The Bertz CT molecular complexity index is 958. The number of nitrogens with zero attached hydrogens (tertiary/aromatic N) is 3. The smallest absolute Gasteiger partial charge is 0.335 e. The largest absolute Gasteiger partial charge is 0.478 e. The van der Waals surface area contributed by atoms with E-state index in [-0.39, 0.29) is 16.8 Å². The quantitative estimate of drug-likeness (QED) is 0.651. The molecule has 2 aromatic rings. The molecule has 2 aromatic carbocycles. The summed E-state index contributed by atoms with van der Waals surface area (Å²) < 4.78 is 0. The maximum absolute atomic E-state index is 12.7. The zero-order chi connectivity index (χ0) is 19.6. The number of carboxylic acids is 1. The van der Waals surface area contributed by atoms with Crippen LogP contribution < -0.4 is 9.91 Å². The summed E-state index contributed by atoms with van der Waals surface area (Å²) in [6, 6.07) is 13.2. The number of aldehydes is 1. The summed E-state index contributed by atoms with van der Waals surface area (Å²) in [5.74, 6) is -1.51. The number of hydrazone groups is 1. The van der Waals surface area contributed by atoms with Gasteiger partial charge >= 0.3 is 5.97 Å². The Labute approximate surface area is 155 Å². The number of benzene rings is 2. The Hall–Kier alpha value is -3.74. The molecular weight excluding hydrogens is 346 g/mol. The van der Waals surface area contributed by atoms with Crippen LogP contribution in [0.4, 0.5) is 11.4 Å². The van der Waals surface area contributed by atoms with Gasteiger partial charge in [-0.3, -0.25) is 9.59 Å². The van der Waals surface area contributed by atoms with Gasteiger partial charge in [-0.15, -0.1) is 0 Å². The lowest BCUT2D eigenvalue weighted by molar-refractivity contribution is -0.114. The van der Waals surface area contributed by atoms with Crippen LogP contribution in [0, 0.1) is 0 Å². The molecule has 7 heteroatoms. The Kier molecular flexibility index (Phi) is 4.85. The molecule has 27 heavy (non-hydrogen) atoms. The van der Waals surface area contributed by atoms with Crippen LogP contribution >= 0.6 is 0 Å². The molecule has 0 saturated heterocycles. The van der Waals surface area contributed by atoms with Crippen LogP contribution in [0.5, 0.6) is 0 Å². The van der Waals surface area contributed by atoms with Gasteiger partial charge in [0.05, 0.1) is 16.8 Å². The maximum atomic E-state index is 12.7. The van der Waals surface area contributed by atoms with Gasteiger partial charge in [0.15, 0.2) is 6.29 Å². The summed E-state index contributed by atoms with van der Waals surface area (Å²) in [6.45, 7) is 0. The summed E-state index contributed by atoms with van der Waals surface area (Å²) >= 11 is 0. The molecule has 1 aliphatic rings. The number of carbonyl (C=O) groups is 3. The van der Waals surface area contributed by atoms with Crippen molar-refractivity contribution in [2.24, 2.45) is 5.10 Å². The van der Waals surface area contributed by atoms with Gasteiger partial charge in [-0.05, 0) is 48.0 Å². The molecule has 3 rings (SSSR count). The summed E-state index contributed by atoms with van der Waals surface area (Å²) in [5.41, 5.74) is 2.47. The van der Waals surface area contributed by atoms with E-state index < -0.39 is 11.9 Å². The molecule has 0 spiro atoms. The van der Waals surface area contributed by atoms with Gasteiger partial charge in [-0.2, -0.15) is 10.1 Å². The third-order valence-electron chi connectivity index (χ3n) is 4.10. The van der Waals surface area contributed by atoms with Crippen molar-refractivity contribution in [3.8, 4) is 0 Å².